The highest BCUT2D eigenvalue weighted by Crippen LogP contribution is 2.46. The smallest absolute Gasteiger partial charge is 0.224 e. The fourth-order valence-electron chi connectivity index (χ4n) is 2.87. The van der Waals surface area contributed by atoms with E-state index in [1.165, 1.54) is 11.9 Å². The van der Waals surface area contributed by atoms with Crippen molar-refractivity contribution in [2.45, 2.75) is 26.2 Å². The molecule has 0 amide bonds. The summed E-state index contributed by atoms with van der Waals surface area (Å²) in [7, 11) is 0. The van der Waals surface area contributed by atoms with Crippen molar-refractivity contribution < 1.29 is 4.74 Å². The van der Waals surface area contributed by atoms with Crippen molar-refractivity contribution in [2.75, 3.05) is 6.61 Å². The van der Waals surface area contributed by atoms with Crippen molar-refractivity contribution in [1.82, 2.24) is 24.9 Å². The standard InChI is InChI=1S/C19H19N5O/c1-12-3-4-18(23-6-12)16-5-14(16)10-25-19-17(9-22-13(2)24-19)15-7-20-11-21-8-15/h3-4,6-9,11,14,16H,5,10H2,1-2H3/t14-,16+/m1/s1. The summed E-state index contributed by atoms with van der Waals surface area (Å²) in [4.78, 5) is 21.4. The van der Waals surface area contributed by atoms with Crippen LogP contribution in [0.5, 0.6) is 5.88 Å². The molecule has 3 aromatic rings. The predicted molar refractivity (Wildman–Crippen MR) is 93.1 cm³/mol. The Balaban J connectivity index is 1.47. The molecule has 4 rings (SSSR count). The topological polar surface area (TPSA) is 73.7 Å². The summed E-state index contributed by atoms with van der Waals surface area (Å²) in [5.41, 5.74) is 4.00. The molecule has 126 valence electrons. The normalized spacial score (nSPS) is 18.8. The summed E-state index contributed by atoms with van der Waals surface area (Å²) in [5, 5.41) is 0. The van der Waals surface area contributed by atoms with E-state index in [4.69, 9.17) is 4.74 Å². The summed E-state index contributed by atoms with van der Waals surface area (Å²) in [6, 6.07) is 4.22. The summed E-state index contributed by atoms with van der Waals surface area (Å²) in [6.07, 6.45) is 9.77. The van der Waals surface area contributed by atoms with E-state index in [1.54, 1.807) is 18.6 Å². The highest BCUT2D eigenvalue weighted by atomic mass is 16.5. The van der Waals surface area contributed by atoms with Gasteiger partial charge in [-0.25, -0.2) is 15.0 Å². The van der Waals surface area contributed by atoms with Gasteiger partial charge in [0.1, 0.15) is 12.2 Å². The lowest BCUT2D eigenvalue weighted by atomic mass is 10.2. The first kappa shape index (κ1) is 15.6. The van der Waals surface area contributed by atoms with Crippen LogP contribution in [-0.2, 0) is 0 Å². The lowest BCUT2D eigenvalue weighted by molar-refractivity contribution is 0.285. The second kappa shape index (κ2) is 6.55. The highest BCUT2D eigenvalue weighted by molar-refractivity contribution is 5.65. The number of aromatic nitrogens is 5. The second-order valence-corrected chi connectivity index (χ2v) is 6.44. The summed E-state index contributed by atoms with van der Waals surface area (Å²) in [5.74, 6) is 2.23. The molecule has 0 saturated heterocycles. The zero-order chi connectivity index (χ0) is 17.2. The number of nitrogens with zero attached hydrogens (tertiary/aromatic N) is 5. The Kier molecular flexibility index (Phi) is 4.09. The monoisotopic (exact) mass is 333 g/mol. The SMILES string of the molecule is Cc1ccc([C@H]2C[C@@H]2COc2nc(C)ncc2-c2cncnc2)nc1. The minimum Gasteiger partial charge on any atom is -0.477 e. The van der Waals surface area contributed by atoms with Gasteiger partial charge in [-0.2, -0.15) is 4.98 Å². The molecule has 0 bridgehead atoms. The lowest BCUT2D eigenvalue weighted by Crippen LogP contribution is -2.05. The van der Waals surface area contributed by atoms with Crippen molar-refractivity contribution in [1.29, 1.82) is 0 Å². The Morgan fingerprint density at radius 1 is 1.04 bits per heavy atom. The van der Waals surface area contributed by atoms with Crippen molar-refractivity contribution in [3.63, 3.8) is 0 Å². The molecule has 1 aliphatic carbocycles. The molecule has 6 nitrogen and oxygen atoms in total. The third-order valence-corrected chi connectivity index (χ3v) is 4.42. The van der Waals surface area contributed by atoms with Crippen LogP contribution in [0.4, 0.5) is 0 Å². The van der Waals surface area contributed by atoms with Gasteiger partial charge in [0, 0.05) is 47.9 Å². The summed E-state index contributed by atoms with van der Waals surface area (Å²) >= 11 is 0. The van der Waals surface area contributed by atoms with E-state index < -0.39 is 0 Å². The van der Waals surface area contributed by atoms with Crippen LogP contribution >= 0.6 is 0 Å². The van der Waals surface area contributed by atoms with E-state index in [0.29, 0.717) is 30.1 Å². The van der Waals surface area contributed by atoms with E-state index in [0.717, 1.165) is 23.2 Å². The minimum atomic E-state index is 0.477. The highest BCUT2D eigenvalue weighted by Gasteiger charge is 2.40. The third-order valence-electron chi connectivity index (χ3n) is 4.42. The molecule has 1 fully saturated rings. The van der Waals surface area contributed by atoms with Gasteiger partial charge in [0.15, 0.2) is 0 Å². The van der Waals surface area contributed by atoms with Crippen LogP contribution in [0, 0.1) is 19.8 Å². The molecule has 3 aromatic heterocycles. The molecular formula is C19H19N5O. The van der Waals surface area contributed by atoms with Gasteiger partial charge in [-0.15, -0.1) is 0 Å². The van der Waals surface area contributed by atoms with Gasteiger partial charge in [0.25, 0.3) is 0 Å². The Labute approximate surface area is 146 Å². The molecule has 0 radical (unpaired) electrons. The molecule has 0 N–H and O–H groups in total. The largest absolute Gasteiger partial charge is 0.477 e. The maximum absolute atomic E-state index is 6.04. The fraction of sp³-hybridized carbons (Fsp3) is 0.316. The van der Waals surface area contributed by atoms with E-state index in [1.807, 2.05) is 13.1 Å². The van der Waals surface area contributed by atoms with Crippen molar-refractivity contribution in [3.8, 4) is 17.0 Å². The Hall–Kier alpha value is -2.89. The van der Waals surface area contributed by atoms with Crippen LogP contribution in [-0.4, -0.2) is 31.5 Å². The Morgan fingerprint density at radius 2 is 1.88 bits per heavy atom. The molecule has 6 heteroatoms. The van der Waals surface area contributed by atoms with Crippen LogP contribution in [0.2, 0.25) is 0 Å². The van der Waals surface area contributed by atoms with Crippen molar-refractivity contribution in [2.24, 2.45) is 5.92 Å². The van der Waals surface area contributed by atoms with E-state index in [-0.39, 0.29) is 0 Å². The number of hydrogen-bond acceptors (Lipinski definition) is 6. The van der Waals surface area contributed by atoms with Crippen LogP contribution in [0.1, 0.15) is 29.4 Å². The molecule has 1 aliphatic rings. The number of ether oxygens (including phenoxy) is 1. The molecule has 3 heterocycles. The summed E-state index contributed by atoms with van der Waals surface area (Å²) in [6.45, 7) is 4.53. The Bertz CT molecular complexity index is 867. The van der Waals surface area contributed by atoms with Crippen molar-refractivity contribution >= 4 is 0 Å². The molecule has 2 atom stereocenters. The molecule has 0 spiro atoms. The van der Waals surface area contributed by atoms with Crippen molar-refractivity contribution in [3.05, 3.63) is 60.3 Å². The van der Waals surface area contributed by atoms with Crippen LogP contribution in [0.15, 0.2) is 43.2 Å². The molecule has 0 unspecified atom stereocenters. The van der Waals surface area contributed by atoms with Gasteiger partial charge < -0.3 is 4.74 Å². The first-order valence-corrected chi connectivity index (χ1v) is 8.35. The first-order chi connectivity index (χ1) is 12.2. The summed E-state index contributed by atoms with van der Waals surface area (Å²) < 4.78 is 6.04. The van der Waals surface area contributed by atoms with Crippen LogP contribution < -0.4 is 4.74 Å². The predicted octanol–water partition coefficient (Wildman–Crippen LogP) is 3.13. The minimum absolute atomic E-state index is 0.477. The quantitative estimate of drug-likeness (QED) is 0.714. The van der Waals surface area contributed by atoms with E-state index in [9.17, 15) is 0 Å². The van der Waals surface area contributed by atoms with E-state index in [2.05, 4.69) is 44.0 Å². The lowest BCUT2D eigenvalue weighted by Gasteiger charge is -2.10. The average molecular weight is 333 g/mol. The maximum Gasteiger partial charge on any atom is 0.224 e. The molecule has 0 aromatic carbocycles. The molecule has 25 heavy (non-hydrogen) atoms. The van der Waals surface area contributed by atoms with Gasteiger partial charge in [-0.3, -0.25) is 4.98 Å². The van der Waals surface area contributed by atoms with Gasteiger partial charge >= 0.3 is 0 Å². The average Bonchev–Trinajstić information content (AvgIpc) is 3.41. The Morgan fingerprint density at radius 3 is 2.64 bits per heavy atom. The number of pyridine rings is 1. The number of aryl methyl sites for hydroxylation is 2. The van der Waals surface area contributed by atoms with Crippen LogP contribution in [0.3, 0.4) is 0 Å². The van der Waals surface area contributed by atoms with Gasteiger partial charge in [0.2, 0.25) is 5.88 Å². The number of rotatable bonds is 5. The van der Waals surface area contributed by atoms with Gasteiger partial charge in [-0.05, 0) is 31.9 Å². The van der Waals surface area contributed by atoms with Crippen LogP contribution in [0.25, 0.3) is 11.1 Å². The van der Waals surface area contributed by atoms with Gasteiger partial charge in [0.05, 0.1) is 12.2 Å². The fourth-order valence-corrected chi connectivity index (χ4v) is 2.87. The molecule has 1 saturated carbocycles. The van der Waals surface area contributed by atoms with Gasteiger partial charge in [-0.1, -0.05) is 6.07 Å². The molecular weight excluding hydrogens is 314 g/mol. The first-order valence-electron chi connectivity index (χ1n) is 8.35. The zero-order valence-corrected chi connectivity index (χ0v) is 14.3. The maximum atomic E-state index is 6.04. The molecule has 0 aliphatic heterocycles. The number of hydrogen-bond donors (Lipinski definition) is 0. The third kappa shape index (κ3) is 3.47. The van der Waals surface area contributed by atoms with E-state index >= 15 is 0 Å². The second-order valence-electron chi connectivity index (χ2n) is 6.44. The zero-order valence-electron chi connectivity index (χ0n) is 14.3.